The Morgan fingerprint density at radius 1 is 1.34 bits per heavy atom. The Balaban J connectivity index is 1.97. The minimum absolute atomic E-state index is 0.00478. The van der Waals surface area contributed by atoms with Gasteiger partial charge >= 0.3 is 6.18 Å². The van der Waals surface area contributed by atoms with Gasteiger partial charge in [0.2, 0.25) is 0 Å². The monoisotopic (exact) mass is 515 g/mol. The molecule has 35 heavy (non-hydrogen) atoms. The molecule has 188 valence electrons. The number of fused-ring (bicyclic) bond motifs is 1. The molecular weight excluding hydrogens is 494 g/mol. The third-order valence-electron chi connectivity index (χ3n) is 6.69. The van der Waals surface area contributed by atoms with Crippen molar-refractivity contribution in [1.82, 2.24) is 9.97 Å². The van der Waals surface area contributed by atoms with Crippen molar-refractivity contribution in [2.45, 2.75) is 43.9 Å². The number of nitrogens with one attached hydrogen (secondary N) is 1. The third-order valence-corrected chi connectivity index (χ3v) is 7.04. The van der Waals surface area contributed by atoms with Crippen LogP contribution in [-0.2, 0) is 4.74 Å². The predicted molar refractivity (Wildman–Crippen MR) is 120 cm³/mol. The van der Waals surface area contributed by atoms with Crippen molar-refractivity contribution in [1.29, 1.82) is 0 Å². The zero-order valence-corrected chi connectivity index (χ0v) is 19.5. The van der Waals surface area contributed by atoms with Crippen LogP contribution in [0.3, 0.4) is 0 Å². The fourth-order valence-corrected chi connectivity index (χ4v) is 4.95. The van der Waals surface area contributed by atoms with Gasteiger partial charge in [-0.1, -0.05) is 24.6 Å². The molecule has 1 aromatic carbocycles. The molecule has 3 heterocycles. The van der Waals surface area contributed by atoms with Crippen LogP contribution in [0.25, 0.3) is 10.9 Å². The van der Waals surface area contributed by atoms with E-state index in [1.54, 1.807) is 0 Å². The van der Waals surface area contributed by atoms with Gasteiger partial charge in [-0.25, -0.2) is 4.39 Å². The SMILES string of the molecule is COc1c([C@@H]2[C@@H](c3cc(=O)c4c(C(N)O)nccc4[nH]3)O[C@](C)(C(F)(F)F)[C@@H]2C)ccc(F)c1Cl. The fourth-order valence-electron chi connectivity index (χ4n) is 4.70. The van der Waals surface area contributed by atoms with Crippen molar-refractivity contribution in [3.63, 3.8) is 0 Å². The maximum Gasteiger partial charge on any atom is 0.417 e. The first kappa shape index (κ1) is 25.4. The van der Waals surface area contributed by atoms with E-state index in [2.05, 4.69) is 9.97 Å². The van der Waals surface area contributed by atoms with Gasteiger partial charge < -0.3 is 25.3 Å². The average Bonchev–Trinajstić information content (AvgIpc) is 3.06. The van der Waals surface area contributed by atoms with E-state index in [0.717, 1.165) is 19.1 Å². The van der Waals surface area contributed by atoms with Crippen molar-refractivity contribution in [2.24, 2.45) is 11.7 Å². The Bertz CT molecular complexity index is 1350. The molecule has 5 atom stereocenters. The van der Waals surface area contributed by atoms with Crippen LogP contribution in [0, 0.1) is 11.7 Å². The van der Waals surface area contributed by atoms with E-state index in [1.807, 2.05) is 0 Å². The maximum atomic E-state index is 14.2. The van der Waals surface area contributed by atoms with Gasteiger partial charge in [0.15, 0.2) is 11.0 Å². The standard InChI is InChI=1S/C23H22ClF4N3O4/c1-9-15(10-4-5-11(25)17(24)19(10)34-3)20(35-22(9,2)23(26,27)28)13-8-14(32)16-12(31-13)6-7-30-18(16)21(29)33/h4-9,15,20-21,33H,29H2,1-3H3,(H,31,32)/t9-,15-,20-,21?,22+/m1/s1. The maximum absolute atomic E-state index is 14.2. The third kappa shape index (κ3) is 3.96. The summed E-state index contributed by atoms with van der Waals surface area (Å²) < 4.78 is 67.7. The quantitative estimate of drug-likeness (QED) is 0.349. The van der Waals surface area contributed by atoms with Crippen molar-refractivity contribution in [2.75, 3.05) is 7.11 Å². The predicted octanol–water partition coefficient (Wildman–Crippen LogP) is 4.49. The molecule has 1 aliphatic rings. The number of hydrogen-bond acceptors (Lipinski definition) is 6. The largest absolute Gasteiger partial charge is 0.495 e. The molecule has 2 aromatic heterocycles. The van der Waals surface area contributed by atoms with Gasteiger partial charge in [0.05, 0.1) is 23.7 Å². The van der Waals surface area contributed by atoms with E-state index in [-0.39, 0.29) is 38.6 Å². The topological polar surface area (TPSA) is 110 Å². The van der Waals surface area contributed by atoms with Crippen LogP contribution >= 0.6 is 11.6 Å². The highest BCUT2D eigenvalue weighted by molar-refractivity contribution is 6.32. The first-order valence-corrected chi connectivity index (χ1v) is 10.9. The Morgan fingerprint density at radius 2 is 2.03 bits per heavy atom. The van der Waals surface area contributed by atoms with Crippen LogP contribution < -0.4 is 15.9 Å². The lowest BCUT2D eigenvalue weighted by molar-refractivity contribution is -0.275. The Hall–Kier alpha value is -2.73. The summed E-state index contributed by atoms with van der Waals surface area (Å²) in [6.45, 7) is 2.29. The Kier molecular flexibility index (Phi) is 6.33. The van der Waals surface area contributed by atoms with Crippen molar-refractivity contribution >= 4 is 22.5 Å². The highest BCUT2D eigenvalue weighted by atomic mass is 35.5. The minimum Gasteiger partial charge on any atom is -0.495 e. The van der Waals surface area contributed by atoms with Gasteiger partial charge in [0.25, 0.3) is 0 Å². The summed E-state index contributed by atoms with van der Waals surface area (Å²) in [5.74, 6) is -3.15. The number of ether oxygens (including phenoxy) is 2. The summed E-state index contributed by atoms with van der Waals surface area (Å²) in [5, 5.41) is 9.39. The minimum atomic E-state index is -4.77. The molecule has 4 N–H and O–H groups in total. The van der Waals surface area contributed by atoms with Gasteiger partial charge in [-0.3, -0.25) is 9.78 Å². The van der Waals surface area contributed by atoms with E-state index in [0.29, 0.717) is 0 Å². The van der Waals surface area contributed by atoms with Gasteiger partial charge in [0.1, 0.15) is 28.9 Å². The van der Waals surface area contributed by atoms with E-state index in [1.165, 1.54) is 32.4 Å². The lowest BCUT2D eigenvalue weighted by Crippen LogP contribution is -2.46. The van der Waals surface area contributed by atoms with Gasteiger partial charge in [-0.05, 0) is 19.1 Å². The number of nitrogens with two attached hydrogens (primary N) is 1. The number of aliphatic hydroxyl groups is 1. The number of methoxy groups -OCH3 is 1. The Labute approximate surface area is 201 Å². The highest BCUT2D eigenvalue weighted by Crippen LogP contribution is 2.59. The lowest BCUT2D eigenvalue weighted by Gasteiger charge is -2.32. The highest BCUT2D eigenvalue weighted by Gasteiger charge is 2.65. The summed E-state index contributed by atoms with van der Waals surface area (Å²) in [6, 6.07) is 4.85. The number of aromatic amines is 1. The zero-order chi connectivity index (χ0) is 25.9. The summed E-state index contributed by atoms with van der Waals surface area (Å²) in [6.07, 6.45) is -6.33. The van der Waals surface area contributed by atoms with Gasteiger partial charge in [0, 0.05) is 35.4 Å². The molecule has 0 amide bonds. The number of hydrogen-bond donors (Lipinski definition) is 3. The summed E-state index contributed by atoms with van der Waals surface area (Å²) in [4.78, 5) is 19.8. The molecule has 0 aliphatic carbocycles. The molecule has 0 bridgehead atoms. The van der Waals surface area contributed by atoms with Gasteiger partial charge in [-0.2, -0.15) is 13.2 Å². The molecule has 3 aromatic rings. The fraction of sp³-hybridized carbons (Fsp3) is 0.391. The van der Waals surface area contributed by atoms with Crippen LogP contribution in [-0.4, -0.2) is 34.0 Å². The molecular formula is C23H22ClF4N3O4. The molecule has 4 rings (SSSR count). The number of pyridine rings is 2. The number of nitrogens with zero attached hydrogens (tertiary/aromatic N) is 1. The molecule has 1 aliphatic heterocycles. The van der Waals surface area contributed by atoms with Crippen molar-refractivity contribution in [3.05, 3.63) is 68.5 Å². The number of H-pyrrole nitrogens is 1. The zero-order valence-electron chi connectivity index (χ0n) is 18.8. The van der Waals surface area contributed by atoms with Crippen LogP contribution in [0.5, 0.6) is 5.75 Å². The molecule has 0 saturated carbocycles. The van der Waals surface area contributed by atoms with E-state index in [9.17, 15) is 27.5 Å². The second kappa shape index (κ2) is 8.74. The molecule has 1 saturated heterocycles. The number of aliphatic hydroxyl groups excluding tert-OH is 1. The van der Waals surface area contributed by atoms with E-state index < -0.39 is 47.2 Å². The Morgan fingerprint density at radius 3 is 2.63 bits per heavy atom. The number of benzene rings is 1. The molecule has 12 heteroatoms. The van der Waals surface area contributed by atoms with E-state index in [4.69, 9.17) is 26.8 Å². The normalized spacial score (nSPS) is 25.7. The molecule has 0 spiro atoms. The van der Waals surface area contributed by atoms with Gasteiger partial charge in [-0.15, -0.1) is 0 Å². The molecule has 1 unspecified atom stereocenters. The summed E-state index contributed by atoms with van der Waals surface area (Å²) in [5.41, 5.74) is 2.61. The second-order valence-electron chi connectivity index (χ2n) is 8.59. The molecule has 1 fully saturated rings. The van der Waals surface area contributed by atoms with Crippen LogP contribution in [0.4, 0.5) is 17.6 Å². The van der Waals surface area contributed by atoms with E-state index >= 15 is 0 Å². The molecule has 0 radical (unpaired) electrons. The van der Waals surface area contributed by atoms with Crippen molar-refractivity contribution < 1.29 is 32.1 Å². The van der Waals surface area contributed by atoms with Crippen LogP contribution in [0.1, 0.15) is 49.0 Å². The second-order valence-corrected chi connectivity index (χ2v) is 8.97. The number of halogens is 5. The number of aromatic nitrogens is 2. The average molecular weight is 516 g/mol. The van der Waals surface area contributed by atoms with Crippen LogP contribution in [0.15, 0.2) is 35.3 Å². The van der Waals surface area contributed by atoms with Crippen molar-refractivity contribution in [3.8, 4) is 5.75 Å². The summed E-state index contributed by atoms with van der Waals surface area (Å²) >= 11 is 6.07. The first-order valence-electron chi connectivity index (χ1n) is 10.5. The summed E-state index contributed by atoms with van der Waals surface area (Å²) in [7, 11) is 1.23. The number of rotatable bonds is 4. The van der Waals surface area contributed by atoms with Crippen LogP contribution in [0.2, 0.25) is 5.02 Å². The smallest absolute Gasteiger partial charge is 0.417 e. The lowest BCUT2D eigenvalue weighted by atomic mass is 9.76. The molecule has 7 nitrogen and oxygen atoms in total. The number of alkyl halides is 3. The first-order chi connectivity index (χ1) is 16.3.